The average Bonchev–Trinajstić information content (AvgIpc) is 2.30. The Morgan fingerprint density at radius 1 is 1.41 bits per heavy atom. The summed E-state index contributed by atoms with van der Waals surface area (Å²) in [4.78, 5) is 0. The van der Waals surface area contributed by atoms with Crippen molar-refractivity contribution in [2.45, 2.75) is 32.5 Å². The molecule has 1 saturated heterocycles. The molecule has 2 rings (SSSR count). The molecule has 1 aliphatic rings. The summed E-state index contributed by atoms with van der Waals surface area (Å²) >= 11 is 0. The van der Waals surface area contributed by atoms with Crippen LogP contribution < -0.4 is 0 Å². The maximum Gasteiger partial charge on any atom is 0.276 e. The van der Waals surface area contributed by atoms with Crippen molar-refractivity contribution in [3.63, 3.8) is 0 Å². The molecule has 3 nitrogen and oxygen atoms in total. The lowest BCUT2D eigenvalue weighted by molar-refractivity contribution is 0.141. The highest BCUT2D eigenvalue weighted by Crippen LogP contribution is 2.57. The minimum atomic E-state index is -2.67. The lowest BCUT2D eigenvalue weighted by Crippen LogP contribution is -2.32. The van der Waals surface area contributed by atoms with Gasteiger partial charge in [0.05, 0.1) is 12.3 Å². The molecule has 17 heavy (non-hydrogen) atoms. The minimum absolute atomic E-state index is 0.104. The molecule has 0 aliphatic carbocycles. The van der Waals surface area contributed by atoms with E-state index in [1.807, 2.05) is 48.8 Å². The predicted molar refractivity (Wildman–Crippen MR) is 70.2 cm³/mol. The number of hydrogen-bond donors (Lipinski definition) is 0. The molecule has 0 bridgehead atoms. The average molecular weight is 253 g/mol. The van der Waals surface area contributed by atoms with Gasteiger partial charge in [-0.15, -0.1) is 0 Å². The van der Waals surface area contributed by atoms with Crippen LogP contribution in [0.25, 0.3) is 0 Å². The molecule has 0 amide bonds. The van der Waals surface area contributed by atoms with E-state index < -0.39 is 7.52 Å². The molecule has 0 unspecified atom stereocenters. The second-order valence-electron chi connectivity index (χ2n) is 4.53. The van der Waals surface area contributed by atoms with Crippen molar-refractivity contribution in [2.75, 3.05) is 13.1 Å². The Balaban J connectivity index is 2.17. The molecular weight excluding hydrogens is 233 g/mol. The van der Waals surface area contributed by atoms with Gasteiger partial charge in [-0.1, -0.05) is 37.3 Å². The Hall–Kier alpha value is -0.630. The lowest BCUT2D eigenvalue weighted by atomic mass is 10.2. The molecule has 1 heterocycles. The van der Waals surface area contributed by atoms with Gasteiger partial charge >= 0.3 is 0 Å². The second-order valence-corrected chi connectivity index (χ2v) is 6.90. The van der Waals surface area contributed by atoms with Gasteiger partial charge in [0.1, 0.15) is 0 Å². The van der Waals surface area contributed by atoms with Gasteiger partial charge in [-0.25, -0.2) is 4.67 Å². The Morgan fingerprint density at radius 2 is 2.12 bits per heavy atom. The van der Waals surface area contributed by atoms with Crippen molar-refractivity contribution < 1.29 is 9.09 Å². The van der Waals surface area contributed by atoms with Crippen LogP contribution in [0.15, 0.2) is 30.3 Å². The fourth-order valence-corrected chi connectivity index (χ4v) is 4.81. The molecule has 2 atom stereocenters. The van der Waals surface area contributed by atoms with Crippen LogP contribution in [0.2, 0.25) is 0 Å². The zero-order valence-electron chi connectivity index (χ0n) is 10.5. The molecule has 94 valence electrons. The largest absolute Gasteiger partial charge is 0.314 e. The van der Waals surface area contributed by atoms with Crippen LogP contribution in [0.1, 0.15) is 25.8 Å². The highest BCUT2D eigenvalue weighted by molar-refractivity contribution is 7.55. The second kappa shape index (κ2) is 5.34. The molecule has 0 N–H and O–H groups in total. The van der Waals surface area contributed by atoms with E-state index in [1.54, 1.807) is 0 Å². The number of benzene rings is 1. The first kappa shape index (κ1) is 12.8. The van der Waals surface area contributed by atoms with Gasteiger partial charge in [-0.3, -0.25) is 4.57 Å². The van der Waals surface area contributed by atoms with Crippen molar-refractivity contribution in [3.05, 3.63) is 35.9 Å². The zero-order chi connectivity index (χ0) is 12.3. The maximum absolute atomic E-state index is 12.9. The van der Waals surface area contributed by atoms with Crippen molar-refractivity contribution in [3.8, 4) is 0 Å². The first-order chi connectivity index (χ1) is 8.14. The van der Waals surface area contributed by atoms with Crippen LogP contribution in [-0.4, -0.2) is 23.9 Å². The van der Waals surface area contributed by atoms with E-state index in [9.17, 15) is 4.57 Å². The predicted octanol–water partition coefficient (Wildman–Crippen LogP) is 3.51. The molecule has 0 saturated carbocycles. The molecule has 0 aromatic heterocycles. The third-order valence-electron chi connectivity index (χ3n) is 3.16. The van der Waals surface area contributed by atoms with E-state index in [-0.39, 0.29) is 6.10 Å². The van der Waals surface area contributed by atoms with Crippen LogP contribution in [0.4, 0.5) is 0 Å². The van der Waals surface area contributed by atoms with E-state index in [1.165, 1.54) is 0 Å². The minimum Gasteiger partial charge on any atom is -0.314 e. The fraction of sp³-hybridized carbons (Fsp3) is 0.538. The quantitative estimate of drug-likeness (QED) is 0.772. The Kier molecular flexibility index (Phi) is 4.03. The molecule has 1 fully saturated rings. The van der Waals surface area contributed by atoms with E-state index in [4.69, 9.17) is 4.52 Å². The van der Waals surface area contributed by atoms with Gasteiger partial charge in [0, 0.05) is 13.1 Å². The highest BCUT2D eigenvalue weighted by Gasteiger charge is 2.36. The monoisotopic (exact) mass is 253 g/mol. The SMILES string of the molecule is CCN1CC[C@H](C)O[P@]1(=O)Cc1ccccc1. The van der Waals surface area contributed by atoms with Crippen LogP contribution in [-0.2, 0) is 15.3 Å². The molecule has 0 spiro atoms. The Morgan fingerprint density at radius 3 is 2.76 bits per heavy atom. The van der Waals surface area contributed by atoms with Gasteiger partial charge < -0.3 is 4.52 Å². The van der Waals surface area contributed by atoms with Gasteiger partial charge in [0.15, 0.2) is 0 Å². The molecule has 1 aliphatic heterocycles. The Labute approximate surface area is 103 Å². The van der Waals surface area contributed by atoms with Gasteiger partial charge in [0.2, 0.25) is 0 Å². The normalized spacial score (nSPS) is 30.4. The first-order valence-electron chi connectivity index (χ1n) is 6.21. The van der Waals surface area contributed by atoms with Gasteiger partial charge in [-0.05, 0) is 18.9 Å². The number of nitrogens with zero attached hydrogens (tertiary/aromatic N) is 1. The summed E-state index contributed by atoms with van der Waals surface area (Å²) in [6.45, 7) is 5.71. The molecule has 1 aromatic rings. The van der Waals surface area contributed by atoms with Crippen LogP contribution in [0, 0.1) is 0 Å². The van der Waals surface area contributed by atoms with Crippen molar-refractivity contribution >= 4 is 7.52 Å². The molecular formula is C13H20NO2P. The lowest BCUT2D eigenvalue weighted by Gasteiger charge is -2.37. The van der Waals surface area contributed by atoms with Crippen molar-refractivity contribution in [1.29, 1.82) is 0 Å². The molecule has 1 aromatic carbocycles. The number of rotatable bonds is 3. The standard InChI is InChI=1S/C13H20NO2P/c1-3-14-10-9-12(2)16-17(14,15)11-13-7-5-4-6-8-13/h4-8,12H,3,9-11H2,1-2H3/t12-,17+/m0/s1. The molecule has 0 radical (unpaired) electrons. The van der Waals surface area contributed by atoms with E-state index >= 15 is 0 Å². The van der Waals surface area contributed by atoms with Gasteiger partial charge in [0.25, 0.3) is 7.52 Å². The molecule has 4 heteroatoms. The highest BCUT2D eigenvalue weighted by atomic mass is 31.2. The summed E-state index contributed by atoms with van der Waals surface area (Å²) in [6.07, 6.45) is 1.59. The summed E-state index contributed by atoms with van der Waals surface area (Å²) in [5, 5.41) is 0. The van der Waals surface area contributed by atoms with Crippen LogP contribution in [0.3, 0.4) is 0 Å². The zero-order valence-corrected chi connectivity index (χ0v) is 11.4. The maximum atomic E-state index is 12.9. The topological polar surface area (TPSA) is 29.5 Å². The summed E-state index contributed by atoms with van der Waals surface area (Å²) in [5.74, 6) is 0. The van der Waals surface area contributed by atoms with E-state index in [0.29, 0.717) is 6.16 Å². The number of hydrogen-bond acceptors (Lipinski definition) is 2. The first-order valence-corrected chi connectivity index (χ1v) is 7.97. The fourth-order valence-electron chi connectivity index (χ4n) is 2.21. The smallest absolute Gasteiger partial charge is 0.276 e. The summed E-state index contributed by atoms with van der Waals surface area (Å²) in [7, 11) is -2.67. The van der Waals surface area contributed by atoms with E-state index in [0.717, 1.165) is 25.1 Å². The van der Waals surface area contributed by atoms with E-state index in [2.05, 4.69) is 0 Å². The summed E-state index contributed by atoms with van der Waals surface area (Å²) in [6, 6.07) is 9.95. The third kappa shape index (κ3) is 2.98. The summed E-state index contributed by atoms with van der Waals surface area (Å²) in [5.41, 5.74) is 1.09. The van der Waals surface area contributed by atoms with Crippen LogP contribution in [0.5, 0.6) is 0 Å². The van der Waals surface area contributed by atoms with Crippen LogP contribution >= 0.6 is 7.52 Å². The van der Waals surface area contributed by atoms with Crippen molar-refractivity contribution in [2.24, 2.45) is 0 Å². The summed E-state index contributed by atoms with van der Waals surface area (Å²) < 4.78 is 20.6. The third-order valence-corrected chi connectivity index (χ3v) is 5.96. The van der Waals surface area contributed by atoms with Gasteiger partial charge in [-0.2, -0.15) is 0 Å². The Bertz CT molecular complexity index is 407. The van der Waals surface area contributed by atoms with Crippen molar-refractivity contribution in [1.82, 2.24) is 4.67 Å².